The summed E-state index contributed by atoms with van der Waals surface area (Å²) in [6.45, 7) is 6.32. The van der Waals surface area contributed by atoms with Gasteiger partial charge in [-0.2, -0.15) is 15.0 Å². The first-order valence-electron chi connectivity index (χ1n) is 10.9. The number of ether oxygens (including phenoxy) is 1. The van der Waals surface area contributed by atoms with E-state index < -0.39 is 0 Å². The summed E-state index contributed by atoms with van der Waals surface area (Å²) >= 11 is 0. The van der Waals surface area contributed by atoms with E-state index in [1.807, 2.05) is 62.4 Å². The van der Waals surface area contributed by atoms with Gasteiger partial charge in [-0.1, -0.05) is 37.3 Å². The third-order valence-corrected chi connectivity index (χ3v) is 5.53. The van der Waals surface area contributed by atoms with Gasteiger partial charge in [0.1, 0.15) is 17.4 Å². The molecule has 166 valence electrons. The van der Waals surface area contributed by atoms with Crippen molar-refractivity contribution in [2.75, 3.05) is 11.9 Å². The molecule has 0 bridgehead atoms. The number of carbonyl (C=O) groups is 1. The fourth-order valence-electron chi connectivity index (χ4n) is 3.65. The highest BCUT2D eigenvalue weighted by Gasteiger charge is 2.17. The van der Waals surface area contributed by atoms with Gasteiger partial charge in [0.2, 0.25) is 5.91 Å². The Kier molecular flexibility index (Phi) is 6.36. The molecule has 2 heterocycles. The van der Waals surface area contributed by atoms with Gasteiger partial charge in [-0.15, -0.1) is 0 Å². The van der Waals surface area contributed by atoms with Gasteiger partial charge in [0.05, 0.1) is 24.7 Å². The van der Waals surface area contributed by atoms with Gasteiger partial charge in [0, 0.05) is 5.39 Å². The Balaban J connectivity index is 1.52. The lowest BCUT2D eigenvalue weighted by atomic mass is 10.1. The fraction of sp³-hybridized carbons (Fsp3) is 0.231. The van der Waals surface area contributed by atoms with Crippen LogP contribution in [0.15, 0.2) is 54.7 Å². The molecule has 0 saturated heterocycles. The number of carbonyl (C=O) groups excluding carboxylic acids is 1. The van der Waals surface area contributed by atoms with Gasteiger partial charge in [-0.25, -0.2) is 4.98 Å². The number of aromatic nitrogens is 3. The highest BCUT2D eigenvalue weighted by Crippen LogP contribution is 2.25. The Morgan fingerprint density at radius 2 is 1.94 bits per heavy atom. The van der Waals surface area contributed by atoms with E-state index in [2.05, 4.69) is 23.4 Å². The van der Waals surface area contributed by atoms with Crippen LogP contribution in [0.1, 0.15) is 35.6 Å². The molecule has 0 radical (unpaired) electrons. The summed E-state index contributed by atoms with van der Waals surface area (Å²) in [7, 11) is 0. The molecule has 4 rings (SSSR count). The lowest BCUT2D eigenvalue weighted by Gasteiger charge is -2.12. The smallest absolute Gasteiger partial charge is 0.228 e. The van der Waals surface area contributed by atoms with E-state index in [9.17, 15) is 10.1 Å². The standard InChI is InChI=1S/C26H25N5O2/c1-4-19-8-10-21(11-9-19)33-13-12-24(32)30-26-20(15-27)16-28-31(26)23-14-18(3)22-7-5-6-17(2)25(22)29-23/h5-11,14,16H,4,12-13H2,1-3H3,(H,30,32). The number of hydrogen-bond donors (Lipinski definition) is 1. The normalized spacial score (nSPS) is 10.7. The van der Waals surface area contributed by atoms with Gasteiger partial charge in [-0.05, 0) is 55.2 Å². The summed E-state index contributed by atoms with van der Waals surface area (Å²) in [6.07, 6.45) is 2.53. The molecule has 0 aliphatic carbocycles. The SMILES string of the molecule is CCc1ccc(OCCC(=O)Nc2c(C#N)cnn2-c2cc(C)c3cccc(C)c3n2)cc1. The molecule has 4 aromatic rings. The van der Waals surface area contributed by atoms with Crippen LogP contribution in [0.4, 0.5) is 5.82 Å². The monoisotopic (exact) mass is 439 g/mol. The van der Waals surface area contributed by atoms with Gasteiger partial charge in [0.25, 0.3) is 0 Å². The predicted octanol–water partition coefficient (Wildman–Crippen LogP) is 4.88. The molecule has 0 fully saturated rings. The van der Waals surface area contributed by atoms with Crippen molar-refractivity contribution in [1.82, 2.24) is 14.8 Å². The largest absolute Gasteiger partial charge is 0.493 e. The van der Waals surface area contributed by atoms with Crippen molar-refractivity contribution in [3.63, 3.8) is 0 Å². The topological polar surface area (TPSA) is 92.8 Å². The molecule has 7 heteroatoms. The van der Waals surface area contributed by atoms with Crippen LogP contribution < -0.4 is 10.1 Å². The number of amides is 1. The van der Waals surface area contributed by atoms with Crippen molar-refractivity contribution < 1.29 is 9.53 Å². The van der Waals surface area contributed by atoms with Gasteiger partial charge in [-0.3, -0.25) is 4.79 Å². The Hall–Kier alpha value is -4.18. The third-order valence-electron chi connectivity index (χ3n) is 5.53. The van der Waals surface area contributed by atoms with Crippen LogP contribution >= 0.6 is 0 Å². The lowest BCUT2D eigenvalue weighted by molar-refractivity contribution is -0.116. The van der Waals surface area contributed by atoms with Crippen molar-refractivity contribution in [1.29, 1.82) is 5.26 Å². The zero-order chi connectivity index (χ0) is 23.4. The molecule has 1 amide bonds. The summed E-state index contributed by atoms with van der Waals surface area (Å²) < 4.78 is 7.18. The average Bonchev–Trinajstić information content (AvgIpc) is 3.22. The summed E-state index contributed by atoms with van der Waals surface area (Å²) in [4.78, 5) is 17.4. The minimum atomic E-state index is -0.271. The predicted molar refractivity (Wildman–Crippen MR) is 128 cm³/mol. The third kappa shape index (κ3) is 4.70. The van der Waals surface area contributed by atoms with Crippen LogP contribution in [0.25, 0.3) is 16.7 Å². The first-order valence-corrected chi connectivity index (χ1v) is 10.9. The first-order chi connectivity index (χ1) is 16.0. The number of hydrogen-bond acceptors (Lipinski definition) is 5. The molecule has 0 unspecified atom stereocenters. The summed E-state index contributed by atoms with van der Waals surface area (Å²) in [5.74, 6) is 1.29. The Morgan fingerprint density at radius 1 is 1.15 bits per heavy atom. The maximum absolute atomic E-state index is 12.6. The maximum Gasteiger partial charge on any atom is 0.228 e. The second-order valence-corrected chi connectivity index (χ2v) is 7.84. The number of nitriles is 1. The van der Waals surface area contributed by atoms with E-state index in [-0.39, 0.29) is 24.5 Å². The van der Waals surface area contributed by atoms with Crippen molar-refractivity contribution in [2.24, 2.45) is 0 Å². The first kappa shape index (κ1) is 22.0. The van der Waals surface area contributed by atoms with E-state index in [1.165, 1.54) is 16.4 Å². The molecule has 0 saturated carbocycles. The van der Waals surface area contributed by atoms with E-state index in [1.54, 1.807) is 0 Å². The quantitative estimate of drug-likeness (QED) is 0.443. The number of anilines is 1. The summed E-state index contributed by atoms with van der Waals surface area (Å²) in [5, 5.41) is 17.7. The number of nitrogens with zero attached hydrogens (tertiary/aromatic N) is 4. The van der Waals surface area contributed by atoms with Gasteiger partial charge < -0.3 is 10.1 Å². The molecule has 2 aromatic carbocycles. The van der Waals surface area contributed by atoms with Gasteiger partial charge >= 0.3 is 0 Å². The zero-order valence-electron chi connectivity index (χ0n) is 18.9. The Labute approximate surface area is 192 Å². The molecule has 0 aliphatic rings. The van der Waals surface area contributed by atoms with E-state index in [0.717, 1.165) is 28.5 Å². The number of pyridine rings is 1. The number of para-hydroxylation sites is 1. The highest BCUT2D eigenvalue weighted by atomic mass is 16.5. The van der Waals surface area contributed by atoms with Crippen LogP contribution in [0.5, 0.6) is 5.75 Å². The molecule has 0 spiro atoms. The zero-order valence-corrected chi connectivity index (χ0v) is 18.9. The van der Waals surface area contributed by atoms with Crippen molar-refractivity contribution in [3.8, 4) is 17.6 Å². The molecule has 1 N–H and O–H groups in total. The summed E-state index contributed by atoms with van der Waals surface area (Å²) in [5.41, 5.74) is 4.43. The number of benzene rings is 2. The molecule has 33 heavy (non-hydrogen) atoms. The number of aryl methyl sites for hydroxylation is 3. The van der Waals surface area contributed by atoms with Crippen molar-refractivity contribution in [2.45, 2.75) is 33.6 Å². The Morgan fingerprint density at radius 3 is 2.67 bits per heavy atom. The molecule has 0 aliphatic heterocycles. The van der Waals surface area contributed by atoms with Crippen LogP contribution in [0, 0.1) is 25.2 Å². The Bertz CT molecular complexity index is 1350. The highest BCUT2D eigenvalue weighted by molar-refractivity contribution is 5.92. The van der Waals surface area contributed by atoms with Crippen molar-refractivity contribution >= 4 is 22.6 Å². The number of nitrogens with one attached hydrogen (secondary N) is 1. The molecule has 0 atom stereocenters. The van der Waals surface area contributed by atoms with Crippen LogP contribution in [0.3, 0.4) is 0 Å². The average molecular weight is 440 g/mol. The van der Waals surface area contributed by atoms with E-state index in [4.69, 9.17) is 9.72 Å². The molecule has 2 aromatic heterocycles. The van der Waals surface area contributed by atoms with Crippen LogP contribution in [-0.2, 0) is 11.2 Å². The van der Waals surface area contributed by atoms with Gasteiger partial charge in [0.15, 0.2) is 11.6 Å². The lowest BCUT2D eigenvalue weighted by Crippen LogP contribution is -2.18. The minimum absolute atomic E-state index is 0.134. The molecular formula is C26H25N5O2. The van der Waals surface area contributed by atoms with Crippen molar-refractivity contribution in [3.05, 3.63) is 77.0 Å². The number of fused-ring (bicyclic) bond motifs is 1. The maximum atomic E-state index is 12.6. The number of rotatable bonds is 7. The van der Waals surface area contributed by atoms with E-state index in [0.29, 0.717) is 17.4 Å². The van der Waals surface area contributed by atoms with Crippen LogP contribution in [0.2, 0.25) is 0 Å². The second kappa shape index (κ2) is 9.53. The fourth-order valence-corrected chi connectivity index (χ4v) is 3.65. The second-order valence-electron chi connectivity index (χ2n) is 7.84. The molecular weight excluding hydrogens is 414 g/mol. The molecule has 7 nitrogen and oxygen atoms in total. The summed E-state index contributed by atoms with van der Waals surface area (Å²) in [6, 6.07) is 17.8. The van der Waals surface area contributed by atoms with Crippen LogP contribution in [-0.4, -0.2) is 27.3 Å². The minimum Gasteiger partial charge on any atom is -0.493 e. The van der Waals surface area contributed by atoms with E-state index >= 15 is 0 Å².